The van der Waals surface area contributed by atoms with Crippen LogP contribution in [0.5, 0.6) is 11.5 Å². The molecular weight excluding hydrogens is 399 g/mol. The van der Waals surface area contributed by atoms with Crippen molar-refractivity contribution in [3.8, 4) is 11.5 Å². The van der Waals surface area contributed by atoms with Crippen molar-refractivity contribution in [2.75, 3.05) is 32.7 Å². The summed E-state index contributed by atoms with van der Waals surface area (Å²) in [5.41, 5.74) is 6.01. The van der Waals surface area contributed by atoms with E-state index in [0.29, 0.717) is 42.1 Å². The Labute approximate surface area is 172 Å². The van der Waals surface area contributed by atoms with Gasteiger partial charge < -0.3 is 15.4 Å². The van der Waals surface area contributed by atoms with Gasteiger partial charge in [-0.25, -0.2) is 0 Å². The fraction of sp³-hybridized carbons (Fsp3) is 0.333. The summed E-state index contributed by atoms with van der Waals surface area (Å²) in [5, 5.41) is 0. The van der Waals surface area contributed by atoms with E-state index in [1.165, 1.54) is 4.90 Å². The molecule has 0 bridgehead atoms. The van der Waals surface area contributed by atoms with E-state index in [9.17, 15) is 22.8 Å². The van der Waals surface area contributed by atoms with Gasteiger partial charge in [0.15, 0.2) is 0 Å². The Morgan fingerprint density at radius 2 is 1.43 bits per heavy atom. The first-order valence-corrected chi connectivity index (χ1v) is 9.47. The number of rotatable bonds is 5. The number of halogens is 3. The SMILES string of the molecule is NC(=O)c1ccc(Oc2ccc(C(=O)N3CCCN(CC(F)(F)F)CC3)cc2)cc1. The van der Waals surface area contributed by atoms with E-state index in [-0.39, 0.29) is 19.0 Å². The number of nitrogens with two attached hydrogens (primary N) is 1. The Hall–Kier alpha value is -3.07. The molecule has 0 spiro atoms. The number of hydrogen-bond donors (Lipinski definition) is 1. The molecule has 1 aliphatic heterocycles. The highest BCUT2D eigenvalue weighted by atomic mass is 19.4. The van der Waals surface area contributed by atoms with Gasteiger partial charge in [0.1, 0.15) is 11.5 Å². The second-order valence-corrected chi connectivity index (χ2v) is 7.05. The highest BCUT2D eigenvalue weighted by Crippen LogP contribution is 2.23. The first-order chi connectivity index (χ1) is 14.2. The topological polar surface area (TPSA) is 75.9 Å². The molecule has 1 heterocycles. The molecule has 9 heteroatoms. The number of nitrogens with zero attached hydrogens (tertiary/aromatic N) is 2. The smallest absolute Gasteiger partial charge is 0.401 e. The number of amides is 2. The molecule has 2 aromatic rings. The number of hydrogen-bond acceptors (Lipinski definition) is 4. The molecule has 0 saturated carbocycles. The van der Waals surface area contributed by atoms with Gasteiger partial charge in [-0.05, 0) is 55.0 Å². The molecule has 160 valence electrons. The summed E-state index contributed by atoms with van der Waals surface area (Å²) < 4.78 is 43.4. The highest BCUT2D eigenvalue weighted by Gasteiger charge is 2.32. The minimum atomic E-state index is -4.24. The zero-order chi connectivity index (χ0) is 21.7. The van der Waals surface area contributed by atoms with Crippen LogP contribution in [0.25, 0.3) is 0 Å². The van der Waals surface area contributed by atoms with E-state index in [4.69, 9.17) is 10.5 Å². The van der Waals surface area contributed by atoms with E-state index < -0.39 is 18.6 Å². The van der Waals surface area contributed by atoms with Crippen molar-refractivity contribution in [2.45, 2.75) is 12.6 Å². The van der Waals surface area contributed by atoms with Crippen LogP contribution in [0.4, 0.5) is 13.2 Å². The Balaban J connectivity index is 1.58. The fourth-order valence-electron chi connectivity index (χ4n) is 3.26. The quantitative estimate of drug-likeness (QED) is 0.804. The second-order valence-electron chi connectivity index (χ2n) is 7.05. The second kappa shape index (κ2) is 9.17. The van der Waals surface area contributed by atoms with Gasteiger partial charge >= 0.3 is 6.18 Å². The van der Waals surface area contributed by atoms with Crippen LogP contribution < -0.4 is 10.5 Å². The van der Waals surface area contributed by atoms with E-state index in [1.54, 1.807) is 53.4 Å². The summed E-state index contributed by atoms with van der Waals surface area (Å²) in [5.74, 6) is 0.266. The van der Waals surface area contributed by atoms with Crippen LogP contribution in [0.15, 0.2) is 48.5 Å². The molecule has 2 N–H and O–H groups in total. The molecule has 0 aliphatic carbocycles. The number of ether oxygens (including phenoxy) is 1. The van der Waals surface area contributed by atoms with Gasteiger partial charge in [-0.1, -0.05) is 0 Å². The van der Waals surface area contributed by atoms with E-state index in [2.05, 4.69) is 0 Å². The number of carbonyl (C=O) groups is 2. The zero-order valence-corrected chi connectivity index (χ0v) is 16.2. The molecule has 30 heavy (non-hydrogen) atoms. The first kappa shape index (κ1) is 21.6. The van der Waals surface area contributed by atoms with Gasteiger partial charge in [0.05, 0.1) is 6.54 Å². The lowest BCUT2D eigenvalue weighted by Gasteiger charge is -2.23. The summed E-state index contributed by atoms with van der Waals surface area (Å²) in [6, 6.07) is 12.9. The molecule has 3 rings (SSSR count). The summed E-state index contributed by atoms with van der Waals surface area (Å²) in [6.07, 6.45) is -3.75. The van der Waals surface area contributed by atoms with E-state index in [1.807, 2.05) is 0 Å². The van der Waals surface area contributed by atoms with Crippen LogP contribution in [0.2, 0.25) is 0 Å². The van der Waals surface area contributed by atoms with Crippen LogP contribution in [0.1, 0.15) is 27.1 Å². The Bertz CT molecular complexity index is 883. The average molecular weight is 421 g/mol. The molecule has 2 aromatic carbocycles. The van der Waals surface area contributed by atoms with Crippen molar-refractivity contribution in [1.82, 2.24) is 9.80 Å². The molecule has 0 unspecified atom stereocenters. The first-order valence-electron chi connectivity index (χ1n) is 9.47. The predicted molar refractivity (Wildman–Crippen MR) is 104 cm³/mol. The fourth-order valence-corrected chi connectivity index (χ4v) is 3.26. The third-order valence-electron chi connectivity index (χ3n) is 4.75. The molecule has 2 amide bonds. The molecule has 1 aliphatic rings. The summed E-state index contributed by atoms with van der Waals surface area (Å²) >= 11 is 0. The summed E-state index contributed by atoms with van der Waals surface area (Å²) in [6.45, 7) is 0.205. The maximum absolute atomic E-state index is 12.7. The third-order valence-corrected chi connectivity index (χ3v) is 4.75. The van der Waals surface area contributed by atoms with Crippen LogP contribution in [-0.2, 0) is 0 Å². The van der Waals surface area contributed by atoms with Gasteiger partial charge in [-0.3, -0.25) is 14.5 Å². The average Bonchev–Trinajstić information content (AvgIpc) is 2.92. The predicted octanol–water partition coefficient (Wildman–Crippen LogP) is 3.29. The lowest BCUT2D eigenvalue weighted by atomic mass is 10.2. The van der Waals surface area contributed by atoms with Crippen LogP contribution in [0.3, 0.4) is 0 Å². The Morgan fingerprint density at radius 3 is 1.97 bits per heavy atom. The maximum Gasteiger partial charge on any atom is 0.401 e. The van der Waals surface area contributed by atoms with Crippen molar-refractivity contribution >= 4 is 11.8 Å². The molecular formula is C21H22F3N3O3. The minimum Gasteiger partial charge on any atom is -0.457 e. The van der Waals surface area contributed by atoms with Crippen LogP contribution >= 0.6 is 0 Å². The van der Waals surface area contributed by atoms with Crippen molar-refractivity contribution in [3.63, 3.8) is 0 Å². The number of carbonyl (C=O) groups excluding carboxylic acids is 2. The van der Waals surface area contributed by atoms with Gasteiger partial charge in [0, 0.05) is 37.3 Å². The lowest BCUT2D eigenvalue weighted by Crippen LogP contribution is -2.38. The Morgan fingerprint density at radius 1 is 0.867 bits per heavy atom. The number of primary amides is 1. The van der Waals surface area contributed by atoms with Gasteiger partial charge in [0.2, 0.25) is 5.91 Å². The standard InChI is InChI=1S/C21H22F3N3O3/c22-21(23,24)14-26-10-1-11-27(13-12-26)20(29)16-4-8-18(9-5-16)30-17-6-2-15(3-7-17)19(25)28/h2-9H,1,10-14H2,(H2,25,28). The minimum absolute atomic E-state index is 0.188. The molecule has 0 radical (unpaired) electrons. The molecule has 1 fully saturated rings. The number of alkyl halides is 3. The molecule has 0 aromatic heterocycles. The van der Waals surface area contributed by atoms with Gasteiger partial charge in [-0.15, -0.1) is 0 Å². The monoisotopic (exact) mass is 421 g/mol. The zero-order valence-electron chi connectivity index (χ0n) is 16.2. The van der Waals surface area contributed by atoms with Crippen LogP contribution in [-0.4, -0.2) is 60.5 Å². The number of benzene rings is 2. The van der Waals surface area contributed by atoms with Crippen molar-refractivity contribution < 1.29 is 27.5 Å². The van der Waals surface area contributed by atoms with E-state index >= 15 is 0 Å². The van der Waals surface area contributed by atoms with Crippen molar-refractivity contribution in [2.24, 2.45) is 5.73 Å². The summed E-state index contributed by atoms with van der Waals surface area (Å²) in [7, 11) is 0. The maximum atomic E-state index is 12.7. The normalized spacial score (nSPS) is 15.5. The lowest BCUT2D eigenvalue weighted by molar-refractivity contribution is -0.145. The molecule has 0 atom stereocenters. The van der Waals surface area contributed by atoms with Gasteiger partial charge in [0.25, 0.3) is 5.91 Å². The Kier molecular flexibility index (Phi) is 6.61. The van der Waals surface area contributed by atoms with Crippen LogP contribution in [0, 0.1) is 0 Å². The van der Waals surface area contributed by atoms with Crippen molar-refractivity contribution in [1.29, 1.82) is 0 Å². The van der Waals surface area contributed by atoms with E-state index in [0.717, 1.165) is 0 Å². The highest BCUT2D eigenvalue weighted by molar-refractivity contribution is 5.94. The summed E-state index contributed by atoms with van der Waals surface area (Å²) in [4.78, 5) is 26.7. The van der Waals surface area contributed by atoms with Crippen molar-refractivity contribution in [3.05, 3.63) is 59.7 Å². The van der Waals surface area contributed by atoms with Gasteiger partial charge in [-0.2, -0.15) is 13.2 Å². The molecule has 6 nitrogen and oxygen atoms in total. The third kappa shape index (κ3) is 5.96. The molecule has 1 saturated heterocycles. The largest absolute Gasteiger partial charge is 0.457 e.